The lowest BCUT2D eigenvalue weighted by Gasteiger charge is -2.12. The fraction of sp³-hybridized carbons (Fsp3) is 0.211. The molecule has 0 fully saturated rings. The molecule has 0 saturated heterocycles. The Morgan fingerprint density at radius 3 is 2.83 bits per heavy atom. The van der Waals surface area contributed by atoms with Crippen molar-refractivity contribution in [2.75, 3.05) is 0 Å². The fourth-order valence-electron chi connectivity index (χ4n) is 3.14. The van der Waals surface area contributed by atoms with Gasteiger partial charge in [0.15, 0.2) is 0 Å². The molecule has 4 rings (SSSR count). The van der Waals surface area contributed by atoms with Crippen LogP contribution in [-0.4, -0.2) is 15.9 Å². The average molecular weight is 304 g/mol. The van der Waals surface area contributed by atoms with Gasteiger partial charge in [-0.3, -0.25) is 9.97 Å². The van der Waals surface area contributed by atoms with Gasteiger partial charge in [0.25, 0.3) is 0 Å². The predicted molar refractivity (Wildman–Crippen MR) is 87.1 cm³/mol. The maximum atomic E-state index is 12.7. The monoisotopic (exact) mass is 304 g/mol. The molecule has 0 radical (unpaired) electrons. The first kappa shape index (κ1) is 13.9. The molecule has 3 aromatic rings. The highest BCUT2D eigenvalue weighted by Crippen LogP contribution is 2.30. The third-order valence-corrected chi connectivity index (χ3v) is 4.20. The largest absolute Gasteiger partial charge is 0.456 e. The van der Waals surface area contributed by atoms with Gasteiger partial charge in [0.1, 0.15) is 6.61 Å². The molecule has 4 heteroatoms. The van der Waals surface area contributed by atoms with Crippen molar-refractivity contribution in [2.24, 2.45) is 0 Å². The number of rotatable bonds is 3. The van der Waals surface area contributed by atoms with Crippen molar-refractivity contribution < 1.29 is 9.53 Å². The number of carbonyl (C=O) groups is 1. The molecule has 0 spiro atoms. The fourth-order valence-corrected chi connectivity index (χ4v) is 3.14. The summed E-state index contributed by atoms with van der Waals surface area (Å²) in [5, 5.41) is 0.874. The molecule has 114 valence electrons. The quantitative estimate of drug-likeness (QED) is 0.695. The van der Waals surface area contributed by atoms with E-state index in [2.05, 4.69) is 4.98 Å². The molecular weight excluding hydrogens is 288 g/mol. The number of benzene rings is 1. The molecule has 0 amide bonds. The second-order valence-electron chi connectivity index (χ2n) is 5.68. The SMILES string of the molecule is O=C(OCc1ccccn1)c1c2c(nc3ccccc13)CCC2. The van der Waals surface area contributed by atoms with E-state index in [0.29, 0.717) is 5.56 Å². The molecule has 0 saturated carbocycles. The second-order valence-corrected chi connectivity index (χ2v) is 5.68. The third-order valence-electron chi connectivity index (χ3n) is 4.20. The summed E-state index contributed by atoms with van der Waals surface area (Å²) >= 11 is 0. The minimum atomic E-state index is -0.285. The molecule has 0 N–H and O–H groups in total. The number of aromatic nitrogens is 2. The molecule has 1 aromatic carbocycles. The normalized spacial score (nSPS) is 13.0. The van der Waals surface area contributed by atoms with Crippen molar-refractivity contribution >= 4 is 16.9 Å². The molecule has 0 unspecified atom stereocenters. The van der Waals surface area contributed by atoms with E-state index in [9.17, 15) is 4.79 Å². The highest BCUT2D eigenvalue weighted by molar-refractivity contribution is 6.05. The Hall–Kier alpha value is -2.75. The number of hydrogen-bond acceptors (Lipinski definition) is 4. The number of aryl methyl sites for hydroxylation is 1. The Morgan fingerprint density at radius 1 is 1.09 bits per heavy atom. The van der Waals surface area contributed by atoms with Crippen molar-refractivity contribution in [3.05, 3.63) is 71.2 Å². The number of hydrogen-bond donors (Lipinski definition) is 0. The summed E-state index contributed by atoms with van der Waals surface area (Å²) in [6.07, 6.45) is 4.56. The molecular formula is C19H16N2O2. The van der Waals surface area contributed by atoms with E-state index in [-0.39, 0.29) is 12.6 Å². The summed E-state index contributed by atoms with van der Waals surface area (Å²) < 4.78 is 5.52. The van der Waals surface area contributed by atoms with Crippen LogP contribution in [0.3, 0.4) is 0 Å². The standard InChI is InChI=1S/C19H16N2O2/c22-19(23-12-13-6-3-4-11-20-13)18-14-7-1-2-9-16(14)21-17-10-5-8-15(17)18/h1-4,6-7,9,11H,5,8,10,12H2. The highest BCUT2D eigenvalue weighted by Gasteiger charge is 2.24. The van der Waals surface area contributed by atoms with Crippen LogP contribution >= 0.6 is 0 Å². The summed E-state index contributed by atoms with van der Waals surface area (Å²) in [4.78, 5) is 21.6. The number of para-hydroxylation sites is 1. The van der Waals surface area contributed by atoms with E-state index < -0.39 is 0 Å². The zero-order chi connectivity index (χ0) is 15.6. The molecule has 2 heterocycles. The van der Waals surface area contributed by atoms with E-state index in [1.54, 1.807) is 6.20 Å². The van der Waals surface area contributed by atoms with Gasteiger partial charge in [0.2, 0.25) is 0 Å². The Balaban J connectivity index is 1.71. The first-order valence-corrected chi connectivity index (χ1v) is 7.80. The van der Waals surface area contributed by atoms with E-state index in [4.69, 9.17) is 9.72 Å². The highest BCUT2D eigenvalue weighted by atomic mass is 16.5. The topological polar surface area (TPSA) is 52.1 Å². The zero-order valence-corrected chi connectivity index (χ0v) is 12.7. The Kier molecular flexibility index (Phi) is 3.50. The van der Waals surface area contributed by atoms with Gasteiger partial charge in [-0.15, -0.1) is 0 Å². The lowest BCUT2D eigenvalue weighted by Crippen LogP contribution is -2.11. The van der Waals surface area contributed by atoms with Crippen LogP contribution in [0.2, 0.25) is 0 Å². The second kappa shape index (κ2) is 5.80. The number of esters is 1. The number of fused-ring (bicyclic) bond motifs is 2. The number of nitrogens with zero attached hydrogens (tertiary/aromatic N) is 2. The third kappa shape index (κ3) is 2.57. The van der Waals surface area contributed by atoms with Crippen molar-refractivity contribution in [1.29, 1.82) is 0 Å². The first-order chi connectivity index (χ1) is 11.3. The maximum absolute atomic E-state index is 12.7. The van der Waals surface area contributed by atoms with Crippen molar-refractivity contribution in [1.82, 2.24) is 9.97 Å². The van der Waals surface area contributed by atoms with Gasteiger partial charge >= 0.3 is 5.97 Å². The van der Waals surface area contributed by atoms with Gasteiger partial charge in [0.05, 0.1) is 16.8 Å². The number of ether oxygens (including phenoxy) is 1. The average Bonchev–Trinajstić information content (AvgIpc) is 3.06. The summed E-state index contributed by atoms with van der Waals surface area (Å²) in [6.45, 7) is 0.186. The summed E-state index contributed by atoms with van der Waals surface area (Å²) in [5.41, 5.74) is 4.37. The minimum Gasteiger partial charge on any atom is -0.456 e. The van der Waals surface area contributed by atoms with E-state index in [0.717, 1.165) is 47.1 Å². The van der Waals surface area contributed by atoms with Crippen molar-refractivity contribution in [2.45, 2.75) is 25.9 Å². The molecule has 1 aliphatic rings. The van der Waals surface area contributed by atoms with Gasteiger partial charge < -0.3 is 4.74 Å². The van der Waals surface area contributed by atoms with E-state index >= 15 is 0 Å². The Labute approximate surface area is 134 Å². The molecule has 0 bridgehead atoms. The number of pyridine rings is 2. The van der Waals surface area contributed by atoms with Crippen LogP contribution in [0.15, 0.2) is 48.7 Å². The van der Waals surface area contributed by atoms with Crippen molar-refractivity contribution in [3.63, 3.8) is 0 Å². The van der Waals surface area contributed by atoms with Gasteiger partial charge in [-0.25, -0.2) is 4.79 Å². The number of carbonyl (C=O) groups excluding carboxylic acids is 1. The molecule has 0 atom stereocenters. The van der Waals surface area contributed by atoms with E-state index in [1.165, 1.54) is 0 Å². The summed E-state index contributed by atoms with van der Waals surface area (Å²) in [6, 6.07) is 13.3. The molecule has 1 aliphatic carbocycles. The first-order valence-electron chi connectivity index (χ1n) is 7.80. The zero-order valence-electron chi connectivity index (χ0n) is 12.7. The summed E-state index contributed by atoms with van der Waals surface area (Å²) in [5.74, 6) is -0.285. The summed E-state index contributed by atoms with van der Waals surface area (Å²) in [7, 11) is 0. The van der Waals surface area contributed by atoms with Crippen LogP contribution in [0.25, 0.3) is 10.9 Å². The molecule has 0 aliphatic heterocycles. The van der Waals surface area contributed by atoms with Crippen LogP contribution in [0.4, 0.5) is 0 Å². The lowest BCUT2D eigenvalue weighted by atomic mass is 10.0. The van der Waals surface area contributed by atoms with Crippen LogP contribution < -0.4 is 0 Å². The van der Waals surface area contributed by atoms with Crippen LogP contribution in [-0.2, 0) is 24.2 Å². The molecule has 23 heavy (non-hydrogen) atoms. The lowest BCUT2D eigenvalue weighted by molar-refractivity contribution is 0.0469. The van der Waals surface area contributed by atoms with Gasteiger partial charge in [-0.2, -0.15) is 0 Å². The van der Waals surface area contributed by atoms with Crippen LogP contribution in [0.5, 0.6) is 0 Å². The molecule has 2 aromatic heterocycles. The van der Waals surface area contributed by atoms with Crippen LogP contribution in [0.1, 0.15) is 33.7 Å². The molecule has 4 nitrogen and oxygen atoms in total. The Morgan fingerprint density at radius 2 is 1.96 bits per heavy atom. The van der Waals surface area contributed by atoms with Crippen LogP contribution in [0, 0.1) is 0 Å². The predicted octanol–water partition coefficient (Wildman–Crippen LogP) is 3.48. The van der Waals surface area contributed by atoms with Crippen molar-refractivity contribution in [3.8, 4) is 0 Å². The Bertz CT molecular complexity index is 875. The van der Waals surface area contributed by atoms with Gasteiger partial charge in [-0.1, -0.05) is 24.3 Å². The van der Waals surface area contributed by atoms with E-state index in [1.807, 2.05) is 42.5 Å². The van der Waals surface area contributed by atoms with Gasteiger partial charge in [-0.05, 0) is 43.0 Å². The minimum absolute atomic E-state index is 0.186. The maximum Gasteiger partial charge on any atom is 0.339 e. The van der Waals surface area contributed by atoms with Gasteiger partial charge in [0, 0.05) is 17.3 Å². The smallest absolute Gasteiger partial charge is 0.339 e.